The van der Waals surface area contributed by atoms with Gasteiger partial charge in [-0.1, -0.05) is 6.07 Å². The molecule has 0 unspecified atom stereocenters. The topological polar surface area (TPSA) is 23.8 Å². The van der Waals surface area contributed by atoms with E-state index in [9.17, 15) is 0 Å². The first kappa shape index (κ1) is 7.71. The summed E-state index contributed by atoms with van der Waals surface area (Å²) >= 11 is 1.46. The predicted octanol–water partition coefficient (Wildman–Crippen LogP) is 1.62. The van der Waals surface area contributed by atoms with Crippen molar-refractivity contribution in [2.75, 3.05) is 0 Å². The SMILES string of the molecule is N#Cc1cccs1.[Cu]. The van der Waals surface area contributed by atoms with Crippen LogP contribution in [-0.4, -0.2) is 0 Å². The second-order valence-electron chi connectivity index (χ2n) is 1.09. The Morgan fingerprint density at radius 3 is 2.62 bits per heavy atom. The van der Waals surface area contributed by atoms with Crippen molar-refractivity contribution in [1.82, 2.24) is 0 Å². The van der Waals surface area contributed by atoms with E-state index in [1.165, 1.54) is 11.3 Å². The Kier molecular flexibility index (Phi) is 3.55. The van der Waals surface area contributed by atoms with Crippen LogP contribution in [0.3, 0.4) is 0 Å². The third-order valence-electron chi connectivity index (χ3n) is 0.631. The maximum atomic E-state index is 8.19. The molecular formula is C5H3CuNS. The van der Waals surface area contributed by atoms with Gasteiger partial charge in [0, 0.05) is 17.1 Å². The summed E-state index contributed by atoms with van der Waals surface area (Å²) < 4.78 is 0. The first-order valence-electron chi connectivity index (χ1n) is 1.87. The smallest absolute Gasteiger partial charge is 0.110 e. The fourth-order valence-electron chi connectivity index (χ4n) is 0.342. The van der Waals surface area contributed by atoms with Crippen molar-refractivity contribution in [1.29, 1.82) is 5.26 Å². The number of thiophene rings is 1. The van der Waals surface area contributed by atoms with Crippen LogP contribution in [0.15, 0.2) is 17.5 Å². The van der Waals surface area contributed by atoms with Gasteiger partial charge in [0.05, 0.1) is 0 Å². The molecule has 0 saturated carbocycles. The zero-order chi connectivity index (χ0) is 5.11. The van der Waals surface area contributed by atoms with E-state index in [-0.39, 0.29) is 17.1 Å². The van der Waals surface area contributed by atoms with Gasteiger partial charge >= 0.3 is 0 Å². The molecule has 0 fully saturated rings. The second-order valence-corrected chi connectivity index (χ2v) is 2.04. The Labute approximate surface area is 62.4 Å². The summed E-state index contributed by atoms with van der Waals surface area (Å²) in [6.45, 7) is 0. The van der Waals surface area contributed by atoms with Gasteiger partial charge in [-0.15, -0.1) is 11.3 Å². The minimum absolute atomic E-state index is 0. The summed E-state index contributed by atoms with van der Waals surface area (Å²) in [6, 6.07) is 5.69. The van der Waals surface area contributed by atoms with Crippen LogP contribution in [0.2, 0.25) is 0 Å². The number of hydrogen-bond acceptors (Lipinski definition) is 2. The number of nitriles is 1. The van der Waals surface area contributed by atoms with E-state index >= 15 is 0 Å². The van der Waals surface area contributed by atoms with E-state index in [0.717, 1.165) is 4.88 Å². The molecule has 45 valence electrons. The van der Waals surface area contributed by atoms with Crippen molar-refractivity contribution in [2.24, 2.45) is 0 Å². The van der Waals surface area contributed by atoms with E-state index in [0.29, 0.717) is 0 Å². The van der Waals surface area contributed by atoms with Crippen molar-refractivity contribution in [3.05, 3.63) is 22.4 Å². The molecule has 0 saturated heterocycles. The van der Waals surface area contributed by atoms with Crippen molar-refractivity contribution in [3.8, 4) is 6.07 Å². The zero-order valence-electron chi connectivity index (χ0n) is 3.89. The Balaban J connectivity index is 0.000000490. The molecule has 1 heterocycles. The molecule has 1 radical (unpaired) electrons. The van der Waals surface area contributed by atoms with Crippen LogP contribution in [-0.2, 0) is 17.1 Å². The molecule has 1 aromatic rings. The van der Waals surface area contributed by atoms with Crippen LogP contribution < -0.4 is 0 Å². The molecule has 0 amide bonds. The van der Waals surface area contributed by atoms with Crippen LogP contribution >= 0.6 is 11.3 Å². The van der Waals surface area contributed by atoms with Gasteiger partial charge in [-0.3, -0.25) is 0 Å². The Morgan fingerprint density at radius 1 is 1.62 bits per heavy atom. The van der Waals surface area contributed by atoms with E-state index < -0.39 is 0 Å². The van der Waals surface area contributed by atoms with Crippen molar-refractivity contribution in [2.45, 2.75) is 0 Å². The quantitative estimate of drug-likeness (QED) is 0.546. The average molecular weight is 173 g/mol. The van der Waals surface area contributed by atoms with E-state index in [1.807, 2.05) is 17.5 Å². The third kappa shape index (κ3) is 1.67. The summed E-state index contributed by atoms with van der Waals surface area (Å²) in [5.74, 6) is 0. The monoisotopic (exact) mass is 172 g/mol. The van der Waals surface area contributed by atoms with Crippen LogP contribution in [0.1, 0.15) is 4.88 Å². The molecule has 1 aromatic heterocycles. The van der Waals surface area contributed by atoms with E-state index in [1.54, 1.807) is 6.07 Å². The molecule has 1 rings (SSSR count). The summed E-state index contributed by atoms with van der Waals surface area (Å²) in [4.78, 5) is 0.778. The van der Waals surface area contributed by atoms with Gasteiger partial charge in [0.1, 0.15) is 10.9 Å². The second kappa shape index (κ2) is 3.68. The zero-order valence-corrected chi connectivity index (χ0v) is 5.65. The first-order valence-corrected chi connectivity index (χ1v) is 2.75. The Bertz CT molecular complexity index is 175. The molecule has 0 aliphatic rings. The average Bonchev–Trinajstić information content (AvgIpc) is 2.14. The van der Waals surface area contributed by atoms with Gasteiger partial charge in [-0.25, -0.2) is 0 Å². The summed E-state index contributed by atoms with van der Waals surface area (Å²) in [7, 11) is 0. The molecule has 3 heteroatoms. The third-order valence-corrected chi connectivity index (χ3v) is 1.41. The Morgan fingerprint density at radius 2 is 2.38 bits per heavy atom. The van der Waals surface area contributed by atoms with Crippen molar-refractivity contribution >= 4 is 11.3 Å². The molecule has 8 heavy (non-hydrogen) atoms. The molecule has 0 aliphatic heterocycles. The van der Waals surface area contributed by atoms with Crippen LogP contribution in [0, 0.1) is 11.3 Å². The van der Waals surface area contributed by atoms with Crippen LogP contribution in [0.25, 0.3) is 0 Å². The van der Waals surface area contributed by atoms with E-state index in [4.69, 9.17) is 5.26 Å². The fraction of sp³-hybridized carbons (Fsp3) is 0. The molecule has 0 atom stereocenters. The maximum absolute atomic E-state index is 8.19. The molecule has 0 bridgehead atoms. The first-order chi connectivity index (χ1) is 3.43. The molecular weight excluding hydrogens is 170 g/mol. The number of nitrogens with zero attached hydrogens (tertiary/aromatic N) is 1. The van der Waals surface area contributed by atoms with Gasteiger partial charge in [-0.05, 0) is 11.4 Å². The fourth-order valence-corrected chi connectivity index (χ4v) is 0.856. The molecule has 0 aromatic carbocycles. The molecule has 0 aliphatic carbocycles. The largest absolute Gasteiger partial charge is 0.192 e. The maximum Gasteiger partial charge on any atom is 0.110 e. The van der Waals surface area contributed by atoms with Gasteiger partial charge in [0.2, 0.25) is 0 Å². The number of hydrogen-bond donors (Lipinski definition) is 0. The van der Waals surface area contributed by atoms with Gasteiger partial charge < -0.3 is 0 Å². The van der Waals surface area contributed by atoms with Crippen molar-refractivity contribution < 1.29 is 17.1 Å². The van der Waals surface area contributed by atoms with E-state index in [2.05, 4.69) is 0 Å². The summed E-state index contributed by atoms with van der Waals surface area (Å²) in [5.41, 5.74) is 0. The minimum atomic E-state index is 0. The summed E-state index contributed by atoms with van der Waals surface area (Å²) in [6.07, 6.45) is 0. The van der Waals surface area contributed by atoms with Crippen LogP contribution in [0.4, 0.5) is 0 Å². The number of rotatable bonds is 0. The summed E-state index contributed by atoms with van der Waals surface area (Å²) in [5, 5.41) is 10.1. The van der Waals surface area contributed by atoms with Crippen molar-refractivity contribution in [3.63, 3.8) is 0 Å². The molecule has 0 spiro atoms. The predicted molar refractivity (Wildman–Crippen MR) is 29.0 cm³/mol. The van der Waals surface area contributed by atoms with Gasteiger partial charge in [0.15, 0.2) is 0 Å². The standard InChI is InChI=1S/C5H3NS.Cu/c6-4-5-2-1-3-7-5;/h1-3H;. The van der Waals surface area contributed by atoms with Crippen LogP contribution in [0.5, 0.6) is 0 Å². The molecule has 1 nitrogen and oxygen atoms in total. The van der Waals surface area contributed by atoms with Gasteiger partial charge in [-0.2, -0.15) is 5.26 Å². The Hall–Kier alpha value is -0.291. The normalized spacial score (nSPS) is 6.88. The van der Waals surface area contributed by atoms with Gasteiger partial charge in [0.25, 0.3) is 0 Å². The minimum Gasteiger partial charge on any atom is -0.192 e. The molecule has 0 N–H and O–H groups in total.